The highest BCUT2D eigenvalue weighted by atomic mass is 35.5. The molecule has 0 aliphatic carbocycles. The molecule has 2 aliphatic rings. The Hall–Kier alpha value is -3.74. The molecule has 0 spiro atoms. The molecule has 5 N–H and O–H groups in total. The molecule has 2 amide bonds. The Bertz CT molecular complexity index is 1540. The van der Waals surface area contributed by atoms with Crippen LogP contribution in [0.1, 0.15) is 47.7 Å². The van der Waals surface area contributed by atoms with E-state index in [1.54, 1.807) is 19.2 Å². The van der Waals surface area contributed by atoms with E-state index >= 15 is 0 Å². The number of anilines is 1. The van der Waals surface area contributed by atoms with Crippen LogP contribution in [-0.4, -0.2) is 69.2 Å². The topological polar surface area (TPSA) is 127 Å². The van der Waals surface area contributed by atoms with Crippen LogP contribution in [0.3, 0.4) is 0 Å². The summed E-state index contributed by atoms with van der Waals surface area (Å²) in [5, 5.41) is 7.49. The summed E-state index contributed by atoms with van der Waals surface area (Å²) in [6.07, 6.45) is 1.34. The van der Waals surface area contributed by atoms with E-state index in [1.165, 1.54) is 0 Å². The van der Waals surface area contributed by atoms with Crippen LogP contribution >= 0.6 is 11.6 Å². The van der Waals surface area contributed by atoms with Crippen LogP contribution in [-0.2, 0) is 4.79 Å². The van der Waals surface area contributed by atoms with E-state index in [-0.39, 0.29) is 30.6 Å². The van der Waals surface area contributed by atoms with Gasteiger partial charge >= 0.3 is 0 Å². The first-order valence-electron chi connectivity index (χ1n) is 15.2. The number of methoxy groups -OCH3 is 1. The number of hydrazine groups is 1. The number of ether oxygens (including phenoxy) is 1. The second-order valence-corrected chi connectivity index (χ2v) is 16.0. The summed E-state index contributed by atoms with van der Waals surface area (Å²) in [6, 6.07) is 20.3. The van der Waals surface area contributed by atoms with Crippen LogP contribution in [0.4, 0.5) is 5.69 Å². The Labute approximate surface area is 270 Å². The number of benzene rings is 3. The third-order valence-corrected chi connectivity index (χ3v) is 10.1. The molecule has 0 bridgehead atoms. The summed E-state index contributed by atoms with van der Waals surface area (Å²) in [5.41, 5.74) is 10.8. The quantitative estimate of drug-likeness (QED) is 0.160. The van der Waals surface area contributed by atoms with Gasteiger partial charge < -0.3 is 25.1 Å². The Morgan fingerprint density at radius 1 is 1.00 bits per heavy atom. The predicted molar refractivity (Wildman–Crippen MR) is 181 cm³/mol. The minimum absolute atomic E-state index is 0.0380. The number of carbonyl (C=O) groups is 2. The number of rotatable bonds is 11. The van der Waals surface area contributed by atoms with Crippen molar-refractivity contribution in [1.82, 2.24) is 21.5 Å². The van der Waals surface area contributed by atoms with Crippen molar-refractivity contribution in [3.63, 3.8) is 0 Å². The van der Waals surface area contributed by atoms with Gasteiger partial charge in [0.2, 0.25) is 14.2 Å². The maximum atomic E-state index is 13.2. The van der Waals surface area contributed by atoms with Crippen molar-refractivity contribution in [3.8, 4) is 5.75 Å². The van der Waals surface area contributed by atoms with Crippen LogP contribution < -0.4 is 36.3 Å². The lowest BCUT2D eigenvalue weighted by Crippen LogP contribution is -2.47. The Balaban J connectivity index is 1.21. The minimum atomic E-state index is -2.40. The van der Waals surface area contributed by atoms with Crippen LogP contribution in [0.5, 0.6) is 5.75 Å². The van der Waals surface area contributed by atoms with E-state index in [1.807, 2.05) is 67.7 Å². The Morgan fingerprint density at radius 2 is 1.69 bits per heavy atom. The fraction of sp³-hybridized carbons (Fsp3) is 0.364. The van der Waals surface area contributed by atoms with Gasteiger partial charge in [0, 0.05) is 40.5 Å². The normalized spacial score (nSPS) is 19.2. The van der Waals surface area contributed by atoms with Gasteiger partial charge in [-0.05, 0) is 80.5 Å². The lowest BCUT2D eigenvalue weighted by Gasteiger charge is -2.31. The smallest absolute Gasteiger partial charge is 0.251 e. The molecular formula is C33H41ClN6O4Si. The lowest BCUT2D eigenvalue weighted by molar-refractivity contribution is -0.121. The number of amides is 2. The molecule has 3 atom stereocenters. The molecule has 2 heterocycles. The van der Waals surface area contributed by atoms with Crippen LogP contribution in [0.25, 0.3) is 0 Å². The predicted octanol–water partition coefficient (Wildman–Crippen LogP) is 3.28. The number of nitrogens with zero attached hydrogens (tertiary/aromatic N) is 2. The first-order chi connectivity index (χ1) is 21.5. The maximum Gasteiger partial charge on any atom is 0.251 e. The highest BCUT2D eigenvalue weighted by Crippen LogP contribution is 2.36. The lowest BCUT2D eigenvalue weighted by atomic mass is 9.99. The molecule has 45 heavy (non-hydrogen) atoms. The van der Waals surface area contributed by atoms with Gasteiger partial charge in [-0.15, -0.1) is 0 Å². The number of aliphatic imine (C=N–C) groups is 1. The van der Waals surface area contributed by atoms with Crippen molar-refractivity contribution in [2.45, 2.75) is 57.7 Å². The summed E-state index contributed by atoms with van der Waals surface area (Å²) in [5.74, 6) is 0.474. The molecule has 12 heteroatoms. The molecule has 238 valence electrons. The molecule has 5 rings (SSSR count). The SMILES string of the molecule is COc1ccc2c(c1)C(c1ccc(Cl)cc1)=NC(CC(=O)NCCCCNC(=O)c1ccc([Si](C)(C)O)cc1)C1NNC(C)N21. The van der Waals surface area contributed by atoms with Crippen molar-refractivity contribution in [2.24, 2.45) is 4.99 Å². The third-order valence-electron chi connectivity index (χ3n) is 8.13. The van der Waals surface area contributed by atoms with E-state index in [0.717, 1.165) is 46.3 Å². The Morgan fingerprint density at radius 3 is 2.36 bits per heavy atom. The molecule has 10 nitrogen and oxygen atoms in total. The second-order valence-electron chi connectivity index (χ2n) is 11.9. The molecule has 0 aromatic heterocycles. The summed E-state index contributed by atoms with van der Waals surface area (Å²) in [7, 11) is -0.757. The van der Waals surface area contributed by atoms with Crippen molar-refractivity contribution >= 4 is 48.3 Å². The number of hydrogen-bond donors (Lipinski definition) is 5. The molecular weight excluding hydrogens is 608 g/mol. The van der Waals surface area contributed by atoms with Crippen molar-refractivity contribution in [1.29, 1.82) is 0 Å². The molecule has 3 aromatic carbocycles. The zero-order valence-electron chi connectivity index (χ0n) is 26.1. The van der Waals surface area contributed by atoms with Gasteiger partial charge in [0.05, 0.1) is 31.4 Å². The summed E-state index contributed by atoms with van der Waals surface area (Å²) in [4.78, 5) is 43.4. The Kier molecular flexibility index (Phi) is 10.3. The second kappa shape index (κ2) is 14.1. The number of carbonyl (C=O) groups excluding carboxylic acids is 2. The van der Waals surface area contributed by atoms with E-state index in [2.05, 4.69) is 33.3 Å². The molecule has 2 aliphatic heterocycles. The zero-order valence-corrected chi connectivity index (χ0v) is 27.8. The van der Waals surface area contributed by atoms with E-state index < -0.39 is 14.4 Å². The average molecular weight is 649 g/mol. The van der Waals surface area contributed by atoms with Gasteiger partial charge in [-0.1, -0.05) is 35.9 Å². The average Bonchev–Trinajstić information content (AvgIpc) is 3.35. The number of nitrogens with one attached hydrogen (secondary N) is 4. The van der Waals surface area contributed by atoms with Gasteiger partial charge in [0.25, 0.3) is 5.91 Å². The fourth-order valence-electron chi connectivity index (χ4n) is 5.66. The van der Waals surface area contributed by atoms with Crippen molar-refractivity contribution in [3.05, 3.63) is 88.4 Å². The van der Waals surface area contributed by atoms with Gasteiger partial charge in [0.15, 0.2) is 0 Å². The van der Waals surface area contributed by atoms with Crippen LogP contribution in [0.2, 0.25) is 18.1 Å². The van der Waals surface area contributed by atoms with Crippen LogP contribution in [0.15, 0.2) is 71.7 Å². The van der Waals surface area contributed by atoms with Gasteiger partial charge in [-0.2, -0.15) is 0 Å². The van der Waals surface area contributed by atoms with Crippen LogP contribution in [0, 0.1) is 0 Å². The number of hydrogen-bond acceptors (Lipinski definition) is 8. The monoisotopic (exact) mass is 648 g/mol. The number of unbranched alkanes of at least 4 members (excludes halogenated alkanes) is 1. The molecule has 0 saturated carbocycles. The van der Waals surface area contributed by atoms with E-state index in [4.69, 9.17) is 21.3 Å². The van der Waals surface area contributed by atoms with Crippen molar-refractivity contribution in [2.75, 3.05) is 25.1 Å². The standard InChI is InChI=1S/C33H41ClN6O4Si/c1-21-38-39-32-28(20-30(41)35-17-5-6-18-36-33(42)23-9-14-26(15-10-23)45(3,4)43)37-31(22-7-11-24(34)12-8-22)27-19-25(44-2)13-16-29(27)40(21)32/h7-16,19,21,28,32,38-39,43H,5-6,17-18,20H2,1-4H3,(H,35,41)(H,36,42). The summed E-state index contributed by atoms with van der Waals surface area (Å²) in [6.45, 7) is 6.75. The highest BCUT2D eigenvalue weighted by molar-refractivity contribution is 6.83. The van der Waals surface area contributed by atoms with E-state index in [0.29, 0.717) is 23.7 Å². The first kappa shape index (κ1) is 32.6. The van der Waals surface area contributed by atoms with Crippen molar-refractivity contribution < 1.29 is 19.1 Å². The summed E-state index contributed by atoms with van der Waals surface area (Å²) >= 11 is 6.20. The molecule has 1 saturated heterocycles. The minimum Gasteiger partial charge on any atom is -0.497 e. The van der Waals surface area contributed by atoms with Gasteiger partial charge in [-0.3, -0.25) is 14.6 Å². The largest absolute Gasteiger partial charge is 0.497 e. The fourth-order valence-corrected chi connectivity index (χ4v) is 6.77. The zero-order chi connectivity index (χ0) is 32.1. The molecule has 3 unspecified atom stereocenters. The molecule has 1 fully saturated rings. The number of fused-ring (bicyclic) bond motifs is 3. The molecule has 3 aromatic rings. The number of halogens is 1. The third kappa shape index (κ3) is 7.74. The summed E-state index contributed by atoms with van der Waals surface area (Å²) < 4.78 is 5.56. The van der Waals surface area contributed by atoms with E-state index in [9.17, 15) is 14.4 Å². The molecule has 0 radical (unpaired) electrons. The highest BCUT2D eigenvalue weighted by Gasteiger charge is 2.40. The van der Waals surface area contributed by atoms with Gasteiger partial charge in [0.1, 0.15) is 11.9 Å². The first-order valence-corrected chi connectivity index (χ1v) is 18.6. The maximum absolute atomic E-state index is 13.2. The van der Waals surface area contributed by atoms with Gasteiger partial charge in [-0.25, -0.2) is 10.9 Å².